The normalized spacial score (nSPS) is 24.9. The number of nitrogens with zero attached hydrogens (tertiary/aromatic N) is 1. The van der Waals surface area contributed by atoms with Crippen molar-refractivity contribution in [2.75, 3.05) is 11.1 Å². The molecule has 94 valence electrons. The molecule has 1 fully saturated rings. The van der Waals surface area contributed by atoms with E-state index in [1.807, 2.05) is 18.2 Å². The summed E-state index contributed by atoms with van der Waals surface area (Å²) in [5, 5.41) is 3.56. The van der Waals surface area contributed by atoms with Crippen molar-refractivity contribution in [3.05, 3.63) is 18.2 Å². The lowest BCUT2D eigenvalue weighted by Gasteiger charge is -2.35. The molecule has 1 aromatic heterocycles. The zero-order valence-electron chi connectivity index (χ0n) is 10.8. The van der Waals surface area contributed by atoms with Crippen molar-refractivity contribution in [1.29, 1.82) is 0 Å². The molecule has 1 aliphatic rings. The Morgan fingerprint density at radius 3 is 2.76 bits per heavy atom. The molecule has 1 aliphatic carbocycles. The first-order chi connectivity index (χ1) is 8.16. The van der Waals surface area contributed by atoms with Gasteiger partial charge in [-0.2, -0.15) is 0 Å². The lowest BCUT2D eigenvalue weighted by Crippen LogP contribution is -2.35. The fourth-order valence-corrected chi connectivity index (χ4v) is 2.86. The van der Waals surface area contributed by atoms with Crippen molar-refractivity contribution >= 4 is 11.6 Å². The Labute approximate surface area is 104 Å². The third-order valence-corrected chi connectivity index (χ3v) is 3.78. The van der Waals surface area contributed by atoms with Crippen LogP contribution < -0.4 is 11.1 Å². The molecule has 0 aromatic carbocycles. The summed E-state index contributed by atoms with van der Waals surface area (Å²) in [6.45, 7) is 4.63. The van der Waals surface area contributed by atoms with Crippen molar-refractivity contribution < 1.29 is 0 Å². The SMILES string of the molecule is CC(C)C1CCCCC1Nc1cccc(N)n1. The van der Waals surface area contributed by atoms with Crippen LogP contribution in [0.1, 0.15) is 39.5 Å². The lowest BCUT2D eigenvalue weighted by molar-refractivity contribution is 0.253. The summed E-state index contributed by atoms with van der Waals surface area (Å²) in [6, 6.07) is 6.34. The zero-order valence-corrected chi connectivity index (χ0v) is 10.8. The van der Waals surface area contributed by atoms with Gasteiger partial charge in [0.15, 0.2) is 0 Å². The van der Waals surface area contributed by atoms with Gasteiger partial charge >= 0.3 is 0 Å². The Hall–Kier alpha value is -1.25. The number of pyridine rings is 1. The van der Waals surface area contributed by atoms with Crippen molar-refractivity contribution in [3.63, 3.8) is 0 Å². The van der Waals surface area contributed by atoms with Gasteiger partial charge in [-0.25, -0.2) is 4.98 Å². The molecule has 2 rings (SSSR count). The maximum absolute atomic E-state index is 5.71. The summed E-state index contributed by atoms with van der Waals surface area (Å²) in [7, 11) is 0. The molecule has 2 unspecified atom stereocenters. The third kappa shape index (κ3) is 3.11. The van der Waals surface area contributed by atoms with E-state index in [1.165, 1.54) is 25.7 Å². The second-order valence-electron chi connectivity index (χ2n) is 5.39. The number of rotatable bonds is 3. The highest BCUT2D eigenvalue weighted by atomic mass is 15.0. The fraction of sp³-hybridized carbons (Fsp3) is 0.643. The molecule has 1 heterocycles. The van der Waals surface area contributed by atoms with Crippen molar-refractivity contribution in [1.82, 2.24) is 4.98 Å². The van der Waals surface area contributed by atoms with Crippen LogP contribution in [0.5, 0.6) is 0 Å². The minimum atomic E-state index is 0.554. The van der Waals surface area contributed by atoms with Crippen LogP contribution in [0.2, 0.25) is 0 Å². The summed E-state index contributed by atoms with van der Waals surface area (Å²) in [6.07, 6.45) is 5.27. The fourth-order valence-electron chi connectivity index (χ4n) is 2.86. The number of nitrogens with one attached hydrogen (secondary N) is 1. The van der Waals surface area contributed by atoms with Crippen LogP contribution in [0.25, 0.3) is 0 Å². The van der Waals surface area contributed by atoms with E-state index in [2.05, 4.69) is 24.1 Å². The van der Waals surface area contributed by atoms with Crippen molar-refractivity contribution in [2.24, 2.45) is 11.8 Å². The van der Waals surface area contributed by atoms with Crippen LogP contribution in [0, 0.1) is 11.8 Å². The first-order valence-corrected chi connectivity index (χ1v) is 6.66. The Bertz CT molecular complexity index is 362. The Kier molecular flexibility index (Phi) is 3.87. The highest BCUT2D eigenvalue weighted by Gasteiger charge is 2.27. The van der Waals surface area contributed by atoms with Crippen molar-refractivity contribution in [3.8, 4) is 0 Å². The molecule has 0 aliphatic heterocycles. The van der Waals surface area contributed by atoms with E-state index >= 15 is 0 Å². The molecule has 0 bridgehead atoms. The number of hydrogen-bond acceptors (Lipinski definition) is 3. The van der Waals surface area contributed by atoms with E-state index in [9.17, 15) is 0 Å². The molecule has 0 radical (unpaired) electrons. The van der Waals surface area contributed by atoms with Gasteiger partial charge in [0.1, 0.15) is 11.6 Å². The Morgan fingerprint density at radius 2 is 2.06 bits per heavy atom. The van der Waals surface area contributed by atoms with Gasteiger partial charge in [0.2, 0.25) is 0 Å². The quantitative estimate of drug-likeness (QED) is 0.842. The van der Waals surface area contributed by atoms with Gasteiger partial charge < -0.3 is 11.1 Å². The van der Waals surface area contributed by atoms with Gasteiger partial charge in [-0.3, -0.25) is 0 Å². The molecule has 0 spiro atoms. The van der Waals surface area contributed by atoms with Crippen LogP contribution >= 0.6 is 0 Å². The van der Waals surface area contributed by atoms with E-state index in [0.29, 0.717) is 11.9 Å². The number of anilines is 2. The summed E-state index contributed by atoms with van der Waals surface area (Å²) in [5.74, 6) is 3.00. The predicted molar refractivity (Wildman–Crippen MR) is 72.9 cm³/mol. The molecule has 1 saturated carbocycles. The van der Waals surface area contributed by atoms with Crippen LogP contribution in [-0.4, -0.2) is 11.0 Å². The standard InChI is InChI=1S/C14H23N3/c1-10(2)11-6-3-4-7-12(11)16-14-9-5-8-13(15)17-14/h5,8-12H,3-4,6-7H2,1-2H3,(H3,15,16,17). The van der Waals surface area contributed by atoms with E-state index in [4.69, 9.17) is 5.73 Å². The van der Waals surface area contributed by atoms with Gasteiger partial charge in [0.25, 0.3) is 0 Å². The monoisotopic (exact) mass is 233 g/mol. The number of aromatic nitrogens is 1. The Balaban J connectivity index is 2.05. The molecule has 3 nitrogen and oxygen atoms in total. The minimum Gasteiger partial charge on any atom is -0.384 e. The van der Waals surface area contributed by atoms with Crippen LogP contribution in [-0.2, 0) is 0 Å². The van der Waals surface area contributed by atoms with E-state index in [1.54, 1.807) is 0 Å². The maximum atomic E-state index is 5.71. The molecule has 0 amide bonds. The third-order valence-electron chi connectivity index (χ3n) is 3.78. The van der Waals surface area contributed by atoms with Gasteiger partial charge in [-0.1, -0.05) is 32.8 Å². The first kappa shape index (κ1) is 12.2. The summed E-state index contributed by atoms with van der Waals surface area (Å²) >= 11 is 0. The lowest BCUT2D eigenvalue weighted by atomic mass is 9.78. The average molecular weight is 233 g/mol. The predicted octanol–water partition coefficient (Wildman–Crippen LogP) is 3.29. The number of nitrogen functional groups attached to an aromatic ring is 1. The largest absolute Gasteiger partial charge is 0.384 e. The Morgan fingerprint density at radius 1 is 1.29 bits per heavy atom. The van der Waals surface area contributed by atoms with E-state index < -0.39 is 0 Å². The minimum absolute atomic E-state index is 0.554. The number of hydrogen-bond donors (Lipinski definition) is 2. The van der Waals surface area contributed by atoms with Gasteiger partial charge in [-0.15, -0.1) is 0 Å². The van der Waals surface area contributed by atoms with Gasteiger partial charge in [0, 0.05) is 6.04 Å². The molecule has 0 saturated heterocycles. The molecular weight excluding hydrogens is 210 g/mol. The maximum Gasteiger partial charge on any atom is 0.128 e. The molecule has 3 heteroatoms. The van der Waals surface area contributed by atoms with E-state index in [-0.39, 0.29) is 0 Å². The van der Waals surface area contributed by atoms with Gasteiger partial charge in [0.05, 0.1) is 0 Å². The van der Waals surface area contributed by atoms with Gasteiger partial charge in [-0.05, 0) is 36.8 Å². The highest BCUT2D eigenvalue weighted by Crippen LogP contribution is 2.31. The average Bonchev–Trinajstić information content (AvgIpc) is 2.29. The number of nitrogens with two attached hydrogens (primary N) is 1. The second kappa shape index (κ2) is 5.39. The molecule has 17 heavy (non-hydrogen) atoms. The zero-order chi connectivity index (χ0) is 12.3. The molecule has 1 aromatic rings. The van der Waals surface area contributed by atoms with Crippen LogP contribution in [0.3, 0.4) is 0 Å². The first-order valence-electron chi connectivity index (χ1n) is 6.66. The summed E-state index contributed by atoms with van der Waals surface area (Å²) in [5.41, 5.74) is 5.71. The van der Waals surface area contributed by atoms with Crippen molar-refractivity contribution in [2.45, 2.75) is 45.6 Å². The smallest absolute Gasteiger partial charge is 0.128 e. The molecule has 2 atom stereocenters. The summed E-state index contributed by atoms with van der Waals surface area (Å²) < 4.78 is 0. The van der Waals surface area contributed by atoms with Crippen LogP contribution in [0.4, 0.5) is 11.6 Å². The molecule has 3 N–H and O–H groups in total. The summed E-state index contributed by atoms with van der Waals surface area (Å²) in [4.78, 5) is 4.33. The topological polar surface area (TPSA) is 50.9 Å². The second-order valence-corrected chi connectivity index (χ2v) is 5.39. The van der Waals surface area contributed by atoms with E-state index in [0.717, 1.165) is 17.7 Å². The molecular formula is C14H23N3. The van der Waals surface area contributed by atoms with Crippen LogP contribution in [0.15, 0.2) is 18.2 Å². The highest BCUT2D eigenvalue weighted by molar-refractivity contribution is 5.43.